The van der Waals surface area contributed by atoms with Crippen LogP contribution in [0.3, 0.4) is 0 Å². The average molecular weight is 200 g/mol. The summed E-state index contributed by atoms with van der Waals surface area (Å²) in [5.74, 6) is 0. The zero-order valence-corrected chi connectivity index (χ0v) is 10.6. The van der Waals surface area contributed by atoms with Gasteiger partial charge in [0.05, 0.1) is 0 Å². The molecule has 14 heavy (non-hydrogen) atoms. The number of hydrogen-bond acceptors (Lipinski definition) is 2. The predicted octanol–water partition coefficient (Wildman–Crippen LogP) is 2.54. The summed E-state index contributed by atoms with van der Waals surface area (Å²) in [5.41, 5.74) is 0. The first-order valence-corrected chi connectivity index (χ1v) is 6.09. The van der Waals surface area contributed by atoms with Gasteiger partial charge in [0.2, 0.25) is 0 Å². The Balaban J connectivity index is 3.39. The predicted molar refractivity (Wildman–Crippen MR) is 64.7 cm³/mol. The van der Waals surface area contributed by atoms with Crippen LogP contribution >= 0.6 is 0 Å². The molecule has 0 amide bonds. The second-order valence-electron chi connectivity index (χ2n) is 4.43. The Morgan fingerprint density at radius 1 is 0.857 bits per heavy atom. The van der Waals surface area contributed by atoms with E-state index in [0.29, 0.717) is 18.1 Å². The van der Waals surface area contributed by atoms with E-state index in [0.717, 1.165) is 6.54 Å². The molecule has 0 aromatic carbocycles. The molecule has 0 aromatic heterocycles. The van der Waals surface area contributed by atoms with Gasteiger partial charge in [-0.3, -0.25) is 0 Å². The zero-order chi connectivity index (χ0) is 11.0. The fourth-order valence-electron chi connectivity index (χ4n) is 1.38. The van der Waals surface area contributed by atoms with Crippen molar-refractivity contribution in [2.45, 2.75) is 72.0 Å². The molecule has 3 atom stereocenters. The quantitative estimate of drug-likeness (QED) is 0.629. The Morgan fingerprint density at radius 2 is 1.43 bits per heavy atom. The summed E-state index contributed by atoms with van der Waals surface area (Å²) in [6, 6.07) is 1.93. The molecule has 0 heterocycles. The van der Waals surface area contributed by atoms with Gasteiger partial charge in [0.25, 0.3) is 0 Å². The molecule has 0 saturated carbocycles. The lowest BCUT2D eigenvalue weighted by molar-refractivity contribution is 0.416. The van der Waals surface area contributed by atoms with Crippen molar-refractivity contribution in [2.75, 3.05) is 6.54 Å². The molecule has 2 N–H and O–H groups in total. The highest BCUT2D eigenvalue weighted by molar-refractivity contribution is 4.68. The van der Waals surface area contributed by atoms with Crippen LogP contribution in [0, 0.1) is 0 Å². The first-order valence-electron chi connectivity index (χ1n) is 6.09. The summed E-state index contributed by atoms with van der Waals surface area (Å²) in [5, 5.41) is 7.10. The van der Waals surface area contributed by atoms with Gasteiger partial charge in [-0.2, -0.15) is 0 Å². The van der Waals surface area contributed by atoms with Crippen molar-refractivity contribution in [2.24, 2.45) is 0 Å². The average Bonchev–Trinajstić information content (AvgIpc) is 2.17. The van der Waals surface area contributed by atoms with E-state index in [1.54, 1.807) is 0 Å². The molecular formula is C12H28N2. The summed E-state index contributed by atoms with van der Waals surface area (Å²) in [4.78, 5) is 0. The smallest absolute Gasteiger partial charge is 0.00532 e. The molecule has 0 aliphatic heterocycles. The van der Waals surface area contributed by atoms with E-state index in [-0.39, 0.29) is 0 Å². The van der Waals surface area contributed by atoms with Gasteiger partial charge in [0, 0.05) is 18.1 Å². The van der Waals surface area contributed by atoms with Crippen molar-refractivity contribution in [1.29, 1.82) is 0 Å². The van der Waals surface area contributed by atoms with Gasteiger partial charge in [0.1, 0.15) is 0 Å². The van der Waals surface area contributed by atoms with Crippen LogP contribution in [0.15, 0.2) is 0 Å². The summed E-state index contributed by atoms with van der Waals surface area (Å²) < 4.78 is 0. The van der Waals surface area contributed by atoms with E-state index in [1.165, 1.54) is 19.3 Å². The van der Waals surface area contributed by atoms with E-state index in [2.05, 4.69) is 45.3 Å². The summed E-state index contributed by atoms with van der Waals surface area (Å²) >= 11 is 0. The third-order valence-corrected chi connectivity index (χ3v) is 2.86. The van der Waals surface area contributed by atoms with Crippen LogP contribution in [0.1, 0.15) is 53.9 Å². The van der Waals surface area contributed by atoms with Crippen molar-refractivity contribution < 1.29 is 0 Å². The van der Waals surface area contributed by atoms with Gasteiger partial charge in [0.15, 0.2) is 0 Å². The molecule has 0 spiro atoms. The van der Waals surface area contributed by atoms with Crippen molar-refractivity contribution in [3.8, 4) is 0 Å². The number of hydrogen-bond donors (Lipinski definition) is 2. The first kappa shape index (κ1) is 13.9. The molecule has 0 radical (unpaired) electrons. The molecule has 86 valence electrons. The SMILES string of the molecule is CCC(C)NCCC(C)NC(C)CC. The standard InChI is InChI=1S/C12H28N2/c1-6-10(3)13-9-8-12(5)14-11(4)7-2/h10-14H,6-9H2,1-5H3. The molecule has 0 fully saturated rings. The van der Waals surface area contributed by atoms with Crippen LogP contribution in [0.25, 0.3) is 0 Å². The van der Waals surface area contributed by atoms with Crippen LogP contribution in [-0.4, -0.2) is 24.7 Å². The highest BCUT2D eigenvalue weighted by atomic mass is 15.0. The Hall–Kier alpha value is -0.0800. The van der Waals surface area contributed by atoms with E-state index in [4.69, 9.17) is 0 Å². The normalized spacial score (nSPS) is 17.8. The maximum absolute atomic E-state index is 3.58. The summed E-state index contributed by atoms with van der Waals surface area (Å²) in [6.07, 6.45) is 3.64. The van der Waals surface area contributed by atoms with Crippen LogP contribution in [0.2, 0.25) is 0 Å². The topological polar surface area (TPSA) is 24.1 Å². The lowest BCUT2D eigenvalue weighted by Crippen LogP contribution is -2.37. The van der Waals surface area contributed by atoms with Crippen molar-refractivity contribution >= 4 is 0 Å². The van der Waals surface area contributed by atoms with E-state index in [1.807, 2.05) is 0 Å². The van der Waals surface area contributed by atoms with Gasteiger partial charge in [-0.1, -0.05) is 13.8 Å². The van der Waals surface area contributed by atoms with Crippen molar-refractivity contribution in [3.63, 3.8) is 0 Å². The molecule has 0 aliphatic rings. The summed E-state index contributed by atoms with van der Waals surface area (Å²) in [7, 11) is 0. The molecule has 0 aromatic rings. The molecule has 0 saturated heterocycles. The minimum Gasteiger partial charge on any atom is -0.314 e. The Bertz CT molecular complexity index is 125. The highest BCUT2D eigenvalue weighted by Crippen LogP contribution is 1.96. The monoisotopic (exact) mass is 200 g/mol. The second kappa shape index (κ2) is 8.25. The molecule has 2 heteroatoms. The fraction of sp³-hybridized carbons (Fsp3) is 1.00. The minimum absolute atomic E-state index is 0.626. The second-order valence-corrected chi connectivity index (χ2v) is 4.43. The van der Waals surface area contributed by atoms with E-state index < -0.39 is 0 Å². The first-order chi connectivity index (χ1) is 6.60. The molecule has 0 aliphatic carbocycles. The lowest BCUT2D eigenvalue weighted by Gasteiger charge is -2.20. The maximum atomic E-state index is 3.58. The van der Waals surface area contributed by atoms with Crippen LogP contribution in [0.4, 0.5) is 0 Å². The number of nitrogens with one attached hydrogen (secondary N) is 2. The van der Waals surface area contributed by atoms with Gasteiger partial charge in [-0.25, -0.2) is 0 Å². The Morgan fingerprint density at radius 3 is 1.93 bits per heavy atom. The van der Waals surface area contributed by atoms with E-state index in [9.17, 15) is 0 Å². The molecule has 0 bridgehead atoms. The van der Waals surface area contributed by atoms with E-state index >= 15 is 0 Å². The van der Waals surface area contributed by atoms with Gasteiger partial charge in [-0.05, 0) is 46.6 Å². The van der Waals surface area contributed by atoms with Crippen molar-refractivity contribution in [1.82, 2.24) is 10.6 Å². The molecular weight excluding hydrogens is 172 g/mol. The van der Waals surface area contributed by atoms with Crippen LogP contribution in [-0.2, 0) is 0 Å². The van der Waals surface area contributed by atoms with Gasteiger partial charge >= 0.3 is 0 Å². The Labute approximate surface area is 89.9 Å². The van der Waals surface area contributed by atoms with Crippen molar-refractivity contribution in [3.05, 3.63) is 0 Å². The molecule has 0 rings (SSSR count). The highest BCUT2D eigenvalue weighted by Gasteiger charge is 2.05. The molecule has 3 unspecified atom stereocenters. The minimum atomic E-state index is 0.626. The number of rotatable bonds is 8. The van der Waals surface area contributed by atoms with Crippen LogP contribution < -0.4 is 10.6 Å². The zero-order valence-electron chi connectivity index (χ0n) is 10.6. The largest absolute Gasteiger partial charge is 0.314 e. The fourth-order valence-corrected chi connectivity index (χ4v) is 1.38. The third kappa shape index (κ3) is 7.34. The molecule has 2 nitrogen and oxygen atoms in total. The van der Waals surface area contributed by atoms with Gasteiger partial charge < -0.3 is 10.6 Å². The van der Waals surface area contributed by atoms with Gasteiger partial charge in [-0.15, -0.1) is 0 Å². The third-order valence-electron chi connectivity index (χ3n) is 2.86. The lowest BCUT2D eigenvalue weighted by atomic mass is 10.1. The summed E-state index contributed by atoms with van der Waals surface area (Å²) in [6.45, 7) is 12.3. The maximum Gasteiger partial charge on any atom is 0.00532 e. The van der Waals surface area contributed by atoms with Crippen LogP contribution in [0.5, 0.6) is 0 Å². The Kier molecular flexibility index (Phi) is 8.20.